The molecule has 0 heterocycles. The molecule has 1 rings (SSSR count). The van der Waals surface area contributed by atoms with Gasteiger partial charge < -0.3 is 15.2 Å². The fourth-order valence-corrected chi connectivity index (χ4v) is 1.46. The Morgan fingerprint density at radius 1 is 1.29 bits per heavy atom. The van der Waals surface area contributed by atoms with Crippen LogP contribution in [0.4, 0.5) is 0 Å². The first-order valence-corrected chi connectivity index (χ1v) is 6.28. The van der Waals surface area contributed by atoms with Crippen molar-refractivity contribution in [3.8, 4) is 11.8 Å². The zero-order chi connectivity index (χ0) is 15.7. The molecule has 1 aromatic rings. The molecule has 1 amide bonds. The maximum Gasteiger partial charge on any atom is 0.322 e. The van der Waals surface area contributed by atoms with Crippen molar-refractivity contribution in [3.05, 3.63) is 35.4 Å². The number of carboxylic acids is 1. The summed E-state index contributed by atoms with van der Waals surface area (Å²) in [5.41, 5.74) is 0.680. The lowest BCUT2D eigenvalue weighted by Gasteiger charge is -2.04. The first-order valence-electron chi connectivity index (χ1n) is 6.28. The summed E-state index contributed by atoms with van der Waals surface area (Å²) in [4.78, 5) is 33.4. The van der Waals surface area contributed by atoms with Gasteiger partial charge in [0.1, 0.15) is 13.0 Å². The standard InChI is InChI=1S/C15H15NO5/c1-2-21-14(19)9-5-7-11-6-3-4-8-12(11)15(20)16-10-13(17)18/h3-4,6,8H,2,9-10H2,1H3,(H,16,20)(H,17,18). The van der Waals surface area contributed by atoms with E-state index in [0.29, 0.717) is 5.56 Å². The number of hydrogen-bond acceptors (Lipinski definition) is 4. The van der Waals surface area contributed by atoms with Gasteiger partial charge in [0, 0.05) is 5.56 Å². The van der Waals surface area contributed by atoms with Crippen LogP contribution in [-0.4, -0.2) is 36.1 Å². The summed E-state index contributed by atoms with van der Waals surface area (Å²) in [7, 11) is 0. The molecular weight excluding hydrogens is 274 g/mol. The number of rotatable bonds is 5. The molecule has 0 fully saturated rings. The van der Waals surface area contributed by atoms with Crippen LogP contribution in [0, 0.1) is 11.8 Å². The summed E-state index contributed by atoms with van der Waals surface area (Å²) in [6.45, 7) is 1.52. The first-order chi connectivity index (χ1) is 10.0. The van der Waals surface area contributed by atoms with Crippen molar-refractivity contribution in [2.45, 2.75) is 13.3 Å². The third kappa shape index (κ3) is 5.78. The van der Waals surface area contributed by atoms with Gasteiger partial charge in [-0.25, -0.2) is 0 Å². The zero-order valence-corrected chi connectivity index (χ0v) is 11.5. The Hall–Kier alpha value is -2.81. The molecular formula is C15H15NO5. The van der Waals surface area contributed by atoms with Gasteiger partial charge in [-0.15, -0.1) is 0 Å². The molecule has 0 aromatic heterocycles. The summed E-state index contributed by atoms with van der Waals surface area (Å²) in [5.74, 6) is 3.25. The molecule has 2 N–H and O–H groups in total. The van der Waals surface area contributed by atoms with E-state index in [1.54, 1.807) is 25.1 Å². The minimum atomic E-state index is -1.13. The van der Waals surface area contributed by atoms with Gasteiger partial charge in [-0.1, -0.05) is 24.0 Å². The van der Waals surface area contributed by atoms with Gasteiger partial charge in [-0.3, -0.25) is 14.4 Å². The van der Waals surface area contributed by atoms with Gasteiger partial charge in [0.2, 0.25) is 0 Å². The highest BCUT2D eigenvalue weighted by atomic mass is 16.5. The van der Waals surface area contributed by atoms with Crippen molar-refractivity contribution < 1.29 is 24.2 Å². The predicted octanol–water partition coefficient (Wildman–Crippen LogP) is 0.806. The third-order valence-electron chi connectivity index (χ3n) is 2.33. The Balaban J connectivity index is 2.80. The number of ether oxygens (including phenoxy) is 1. The van der Waals surface area contributed by atoms with E-state index in [1.165, 1.54) is 6.07 Å². The largest absolute Gasteiger partial charge is 0.480 e. The number of carbonyl (C=O) groups excluding carboxylic acids is 2. The van der Waals surface area contributed by atoms with Crippen molar-refractivity contribution in [3.63, 3.8) is 0 Å². The maximum absolute atomic E-state index is 11.8. The normalized spacial score (nSPS) is 9.19. The summed E-state index contributed by atoms with van der Waals surface area (Å²) in [6.07, 6.45) is -0.0705. The smallest absolute Gasteiger partial charge is 0.322 e. The van der Waals surface area contributed by atoms with Crippen molar-refractivity contribution in [1.82, 2.24) is 5.32 Å². The van der Waals surface area contributed by atoms with Crippen LogP contribution in [0.3, 0.4) is 0 Å². The molecule has 0 aliphatic rings. The minimum Gasteiger partial charge on any atom is -0.480 e. The van der Waals surface area contributed by atoms with E-state index in [4.69, 9.17) is 9.84 Å². The Kier molecular flexibility index (Phi) is 6.48. The van der Waals surface area contributed by atoms with Crippen molar-refractivity contribution >= 4 is 17.8 Å². The van der Waals surface area contributed by atoms with Gasteiger partial charge in [-0.2, -0.15) is 0 Å². The lowest BCUT2D eigenvalue weighted by molar-refractivity contribution is -0.141. The number of carbonyl (C=O) groups is 3. The van der Waals surface area contributed by atoms with E-state index < -0.39 is 24.4 Å². The number of aliphatic carboxylic acids is 1. The Labute approximate surface area is 122 Å². The van der Waals surface area contributed by atoms with Crippen LogP contribution >= 0.6 is 0 Å². The number of benzene rings is 1. The molecule has 0 spiro atoms. The molecule has 110 valence electrons. The van der Waals surface area contributed by atoms with Gasteiger partial charge in [0.15, 0.2) is 0 Å². The fraction of sp³-hybridized carbons (Fsp3) is 0.267. The third-order valence-corrected chi connectivity index (χ3v) is 2.33. The zero-order valence-electron chi connectivity index (χ0n) is 11.5. The van der Waals surface area contributed by atoms with Crippen molar-refractivity contribution in [2.75, 3.05) is 13.2 Å². The highest BCUT2D eigenvalue weighted by Gasteiger charge is 2.10. The molecule has 0 bridgehead atoms. The lowest BCUT2D eigenvalue weighted by atomic mass is 10.1. The Morgan fingerprint density at radius 3 is 2.67 bits per heavy atom. The summed E-state index contributed by atoms with van der Waals surface area (Å²) in [5, 5.41) is 10.8. The molecule has 6 heteroatoms. The molecule has 0 radical (unpaired) electrons. The average Bonchev–Trinajstić information content (AvgIpc) is 2.45. The summed E-state index contributed by atoms with van der Waals surface area (Å²) < 4.78 is 4.74. The quantitative estimate of drug-likeness (QED) is 0.618. The van der Waals surface area contributed by atoms with Crippen LogP contribution in [0.2, 0.25) is 0 Å². The molecule has 1 aromatic carbocycles. The lowest BCUT2D eigenvalue weighted by Crippen LogP contribution is -2.29. The number of hydrogen-bond donors (Lipinski definition) is 2. The summed E-state index contributed by atoms with van der Waals surface area (Å²) >= 11 is 0. The van der Waals surface area contributed by atoms with E-state index >= 15 is 0 Å². The van der Waals surface area contributed by atoms with E-state index in [-0.39, 0.29) is 18.6 Å². The van der Waals surface area contributed by atoms with Crippen LogP contribution in [-0.2, 0) is 14.3 Å². The second-order valence-corrected chi connectivity index (χ2v) is 3.91. The molecule has 0 aliphatic carbocycles. The number of amides is 1. The van der Waals surface area contributed by atoms with Crippen LogP contribution in [0.15, 0.2) is 24.3 Å². The van der Waals surface area contributed by atoms with Gasteiger partial charge >= 0.3 is 11.9 Å². The van der Waals surface area contributed by atoms with Crippen LogP contribution in [0.1, 0.15) is 29.3 Å². The minimum absolute atomic E-state index is 0.0705. The average molecular weight is 289 g/mol. The van der Waals surface area contributed by atoms with Gasteiger partial charge in [0.05, 0.1) is 12.2 Å². The van der Waals surface area contributed by atoms with E-state index in [2.05, 4.69) is 17.2 Å². The second kappa shape index (κ2) is 8.38. The highest BCUT2D eigenvalue weighted by Crippen LogP contribution is 2.07. The van der Waals surface area contributed by atoms with E-state index in [1.807, 2.05) is 0 Å². The van der Waals surface area contributed by atoms with Crippen molar-refractivity contribution in [2.24, 2.45) is 0 Å². The molecule has 0 unspecified atom stereocenters. The Bertz CT molecular complexity index is 598. The molecule has 0 saturated heterocycles. The molecule has 0 atom stereocenters. The Morgan fingerprint density at radius 2 is 2.00 bits per heavy atom. The maximum atomic E-state index is 11.8. The van der Waals surface area contributed by atoms with Crippen LogP contribution in [0.5, 0.6) is 0 Å². The number of nitrogens with one attached hydrogen (secondary N) is 1. The number of esters is 1. The van der Waals surface area contributed by atoms with Gasteiger partial charge in [-0.05, 0) is 19.1 Å². The van der Waals surface area contributed by atoms with Crippen molar-refractivity contribution in [1.29, 1.82) is 0 Å². The second-order valence-electron chi connectivity index (χ2n) is 3.91. The molecule has 6 nitrogen and oxygen atoms in total. The SMILES string of the molecule is CCOC(=O)CC#Cc1ccccc1C(=O)NCC(=O)O. The summed E-state index contributed by atoms with van der Waals surface area (Å²) in [6, 6.07) is 6.49. The fourth-order valence-electron chi connectivity index (χ4n) is 1.46. The van der Waals surface area contributed by atoms with Crippen LogP contribution < -0.4 is 5.32 Å². The first kappa shape index (κ1) is 16.2. The highest BCUT2D eigenvalue weighted by molar-refractivity contribution is 5.98. The monoisotopic (exact) mass is 289 g/mol. The van der Waals surface area contributed by atoms with Gasteiger partial charge in [0.25, 0.3) is 5.91 Å². The van der Waals surface area contributed by atoms with Crippen LogP contribution in [0.25, 0.3) is 0 Å². The predicted molar refractivity (Wildman–Crippen MR) is 74.5 cm³/mol. The molecule has 0 saturated carbocycles. The molecule has 21 heavy (non-hydrogen) atoms. The molecule has 0 aliphatic heterocycles. The van der Waals surface area contributed by atoms with E-state index in [0.717, 1.165) is 0 Å². The van der Waals surface area contributed by atoms with E-state index in [9.17, 15) is 14.4 Å². The topological polar surface area (TPSA) is 92.7 Å². The number of carboxylic acid groups (broad SMARTS) is 1.